The van der Waals surface area contributed by atoms with Gasteiger partial charge in [-0.05, 0) is 16.7 Å². The van der Waals surface area contributed by atoms with Crippen LogP contribution < -0.4 is 0 Å². The quantitative estimate of drug-likeness (QED) is 0.797. The van der Waals surface area contributed by atoms with Crippen molar-refractivity contribution in [2.45, 2.75) is 19.4 Å². The Morgan fingerprint density at radius 2 is 1.57 bits per heavy atom. The molecule has 0 aliphatic carbocycles. The highest BCUT2D eigenvalue weighted by Crippen LogP contribution is 2.11. The summed E-state index contributed by atoms with van der Waals surface area (Å²) < 4.78 is 0. The van der Waals surface area contributed by atoms with Gasteiger partial charge in [0.25, 0.3) is 5.91 Å². The highest BCUT2D eigenvalue weighted by atomic mass is 16.7. The van der Waals surface area contributed by atoms with Gasteiger partial charge in [-0.25, -0.2) is 5.06 Å². The molecule has 0 aliphatic heterocycles. The lowest BCUT2D eigenvalue weighted by atomic mass is 10.1. The summed E-state index contributed by atoms with van der Waals surface area (Å²) in [6, 6.07) is 16.6. The lowest BCUT2D eigenvalue weighted by Crippen LogP contribution is -2.30. The first-order chi connectivity index (χ1) is 11.1. The van der Waals surface area contributed by atoms with Gasteiger partial charge in [-0.1, -0.05) is 54.6 Å². The van der Waals surface area contributed by atoms with E-state index in [2.05, 4.69) is 0 Å². The van der Waals surface area contributed by atoms with Gasteiger partial charge in [-0.3, -0.25) is 14.4 Å². The number of hydrogen-bond acceptors (Lipinski definition) is 3. The van der Waals surface area contributed by atoms with Gasteiger partial charge >= 0.3 is 5.97 Å². The fraction of sp³-hybridized carbons (Fsp3) is 0.222. The van der Waals surface area contributed by atoms with Gasteiger partial charge in [0, 0.05) is 0 Å². The van der Waals surface area contributed by atoms with Crippen molar-refractivity contribution in [2.75, 3.05) is 7.11 Å². The number of hydrogen-bond donors (Lipinski definition) is 1. The van der Waals surface area contributed by atoms with Crippen molar-refractivity contribution in [1.29, 1.82) is 0 Å². The van der Waals surface area contributed by atoms with Crippen LogP contribution >= 0.6 is 0 Å². The Hall–Kier alpha value is -2.66. The van der Waals surface area contributed by atoms with Gasteiger partial charge in [0.2, 0.25) is 0 Å². The van der Waals surface area contributed by atoms with Crippen LogP contribution in [0.1, 0.15) is 16.7 Å². The number of amides is 1. The van der Waals surface area contributed by atoms with Crippen molar-refractivity contribution in [3.63, 3.8) is 0 Å². The monoisotopic (exact) mass is 313 g/mol. The Balaban J connectivity index is 2.03. The molecule has 2 aromatic carbocycles. The van der Waals surface area contributed by atoms with Gasteiger partial charge < -0.3 is 5.11 Å². The Morgan fingerprint density at radius 3 is 2.17 bits per heavy atom. The van der Waals surface area contributed by atoms with Gasteiger partial charge in [-0.15, -0.1) is 0 Å². The second-order valence-electron chi connectivity index (χ2n) is 5.17. The minimum atomic E-state index is -0.893. The summed E-state index contributed by atoms with van der Waals surface area (Å²) in [5, 5.41) is 10.1. The SMILES string of the molecule is CON(Cc1ccccc1)C(=O)Cc1cccc(CC(=O)O)c1. The van der Waals surface area contributed by atoms with E-state index >= 15 is 0 Å². The summed E-state index contributed by atoms with van der Waals surface area (Å²) in [4.78, 5) is 28.3. The number of carboxylic acid groups (broad SMARTS) is 1. The van der Waals surface area contributed by atoms with Crippen molar-refractivity contribution in [3.8, 4) is 0 Å². The first-order valence-electron chi connectivity index (χ1n) is 7.26. The molecule has 0 saturated heterocycles. The maximum atomic E-state index is 12.4. The molecular weight excluding hydrogens is 294 g/mol. The molecule has 23 heavy (non-hydrogen) atoms. The molecule has 0 saturated carbocycles. The molecule has 0 unspecified atom stereocenters. The van der Waals surface area contributed by atoms with Crippen molar-refractivity contribution < 1.29 is 19.5 Å². The van der Waals surface area contributed by atoms with Gasteiger partial charge in [0.15, 0.2) is 0 Å². The lowest BCUT2D eigenvalue weighted by molar-refractivity contribution is -0.178. The zero-order valence-corrected chi connectivity index (χ0v) is 12.9. The topological polar surface area (TPSA) is 66.8 Å². The molecule has 0 radical (unpaired) electrons. The fourth-order valence-electron chi connectivity index (χ4n) is 2.29. The van der Waals surface area contributed by atoms with Crippen molar-refractivity contribution in [2.24, 2.45) is 0 Å². The van der Waals surface area contributed by atoms with Crippen LogP contribution in [0.15, 0.2) is 54.6 Å². The molecule has 2 rings (SSSR count). The Bertz CT molecular complexity index is 670. The number of benzene rings is 2. The molecule has 0 heterocycles. The van der Waals surface area contributed by atoms with Crippen LogP contribution in [0.4, 0.5) is 0 Å². The normalized spacial score (nSPS) is 10.3. The lowest BCUT2D eigenvalue weighted by Gasteiger charge is -2.20. The predicted octanol–water partition coefficient (Wildman–Crippen LogP) is 2.45. The summed E-state index contributed by atoms with van der Waals surface area (Å²) in [6.07, 6.45) is 0.105. The first-order valence-corrected chi connectivity index (χ1v) is 7.26. The van der Waals surface area contributed by atoms with E-state index in [0.717, 1.165) is 11.1 Å². The maximum absolute atomic E-state index is 12.4. The van der Waals surface area contributed by atoms with Crippen LogP contribution in [0.3, 0.4) is 0 Å². The smallest absolute Gasteiger partial charge is 0.307 e. The number of aliphatic carboxylic acids is 1. The number of rotatable bonds is 7. The Morgan fingerprint density at radius 1 is 0.957 bits per heavy atom. The summed E-state index contributed by atoms with van der Waals surface area (Å²) in [7, 11) is 1.46. The molecule has 1 N–H and O–H groups in total. The number of hydroxylamine groups is 2. The molecule has 0 atom stereocenters. The molecule has 0 aromatic heterocycles. The third-order valence-corrected chi connectivity index (χ3v) is 3.37. The van der Waals surface area contributed by atoms with Crippen LogP contribution in [-0.2, 0) is 33.8 Å². The Labute approximate surface area is 135 Å². The van der Waals surface area contributed by atoms with Crippen molar-refractivity contribution >= 4 is 11.9 Å². The highest BCUT2D eigenvalue weighted by Gasteiger charge is 2.15. The fourth-order valence-corrected chi connectivity index (χ4v) is 2.29. The molecule has 1 amide bonds. The van der Waals surface area contributed by atoms with E-state index < -0.39 is 5.97 Å². The van der Waals surface area contributed by atoms with Crippen LogP contribution in [0.25, 0.3) is 0 Å². The standard InChI is InChI=1S/C18H19NO4/c1-23-19(13-14-6-3-2-4-7-14)17(20)11-15-8-5-9-16(10-15)12-18(21)22/h2-10H,11-13H2,1H3,(H,21,22). The minimum absolute atomic E-state index is 0.0555. The first kappa shape index (κ1) is 16.7. The molecule has 120 valence electrons. The van der Waals surface area contributed by atoms with Crippen LogP contribution in [-0.4, -0.2) is 29.2 Å². The van der Waals surface area contributed by atoms with E-state index in [1.54, 1.807) is 24.3 Å². The summed E-state index contributed by atoms with van der Waals surface area (Å²) in [5.41, 5.74) is 2.42. The van der Waals surface area contributed by atoms with Gasteiger partial charge in [0.05, 0.1) is 26.5 Å². The van der Waals surface area contributed by atoms with E-state index in [1.165, 1.54) is 12.2 Å². The van der Waals surface area contributed by atoms with E-state index in [1.807, 2.05) is 30.3 Å². The van der Waals surface area contributed by atoms with E-state index in [9.17, 15) is 9.59 Å². The third-order valence-electron chi connectivity index (χ3n) is 3.37. The predicted molar refractivity (Wildman–Crippen MR) is 85.5 cm³/mol. The van der Waals surface area contributed by atoms with E-state index in [4.69, 9.17) is 9.94 Å². The van der Waals surface area contributed by atoms with Crippen LogP contribution in [0, 0.1) is 0 Å². The Kier molecular flexibility index (Phi) is 5.88. The average molecular weight is 313 g/mol. The van der Waals surface area contributed by atoms with Crippen LogP contribution in [0.2, 0.25) is 0 Å². The number of carbonyl (C=O) groups is 2. The number of carbonyl (C=O) groups excluding carboxylic acids is 1. The largest absolute Gasteiger partial charge is 0.481 e. The molecule has 2 aromatic rings. The van der Waals surface area contributed by atoms with Gasteiger partial charge in [-0.2, -0.15) is 0 Å². The summed E-state index contributed by atoms with van der Waals surface area (Å²) in [5.74, 6) is -1.07. The van der Waals surface area contributed by atoms with Gasteiger partial charge in [0.1, 0.15) is 0 Å². The van der Waals surface area contributed by atoms with E-state index in [-0.39, 0.29) is 18.7 Å². The van der Waals surface area contributed by atoms with Crippen molar-refractivity contribution in [3.05, 3.63) is 71.3 Å². The maximum Gasteiger partial charge on any atom is 0.307 e. The molecule has 0 bridgehead atoms. The highest BCUT2D eigenvalue weighted by molar-refractivity contribution is 5.78. The zero-order valence-electron chi connectivity index (χ0n) is 12.9. The van der Waals surface area contributed by atoms with Crippen LogP contribution in [0.5, 0.6) is 0 Å². The molecule has 5 nitrogen and oxygen atoms in total. The summed E-state index contributed by atoms with van der Waals surface area (Å²) in [6.45, 7) is 0.366. The molecule has 0 aliphatic rings. The molecule has 5 heteroatoms. The molecular formula is C18H19NO4. The number of carboxylic acids is 1. The minimum Gasteiger partial charge on any atom is -0.481 e. The third kappa shape index (κ3) is 5.23. The molecule has 0 fully saturated rings. The summed E-state index contributed by atoms with van der Waals surface area (Å²) >= 11 is 0. The number of nitrogens with zero attached hydrogens (tertiary/aromatic N) is 1. The second-order valence-corrected chi connectivity index (χ2v) is 5.17. The molecule has 0 spiro atoms. The second kappa shape index (κ2) is 8.10. The zero-order chi connectivity index (χ0) is 16.7. The van der Waals surface area contributed by atoms with E-state index in [0.29, 0.717) is 12.1 Å². The van der Waals surface area contributed by atoms with Crippen molar-refractivity contribution in [1.82, 2.24) is 5.06 Å². The average Bonchev–Trinajstić information content (AvgIpc) is 2.53.